The Morgan fingerprint density at radius 3 is 3.00 bits per heavy atom. The van der Waals surface area contributed by atoms with E-state index in [1.54, 1.807) is 0 Å². The highest BCUT2D eigenvalue weighted by atomic mass is 35.5. The lowest BCUT2D eigenvalue weighted by Crippen LogP contribution is -2.23. The van der Waals surface area contributed by atoms with Crippen molar-refractivity contribution in [2.45, 2.75) is 19.3 Å². The van der Waals surface area contributed by atoms with Crippen molar-refractivity contribution in [2.24, 2.45) is 16.3 Å². The molecule has 1 saturated carbocycles. The normalized spacial score (nSPS) is 17.4. The lowest BCUT2D eigenvalue weighted by atomic mass is 10.0. The fraction of sp³-hybridized carbons (Fsp3) is 0.417. The Morgan fingerprint density at radius 1 is 1.50 bits per heavy atom. The van der Waals surface area contributed by atoms with Crippen LogP contribution in [-0.4, -0.2) is 26.3 Å². The third-order valence-corrected chi connectivity index (χ3v) is 4.52. The molecule has 0 aliphatic heterocycles. The number of benzene rings is 1. The van der Waals surface area contributed by atoms with Crippen LogP contribution in [0.4, 0.5) is 5.69 Å². The number of rotatable bonds is 5. The largest absolute Gasteiger partial charge is 0.409 e. The number of oxime groups is 1. The van der Waals surface area contributed by atoms with Gasteiger partial charge in [0, 0.05) is 13.0 Å². The van der Waals surface area contributed by atoms with Crippen molar-refractivity contribution >= 4 is 45.9 Å². The molecule has 0 unspecified atom stereocenters. The molecule has 2 aromatic rings. The van der Waals surface area contributed by atoms with E-state index in [0.29, 0.717) is 11.4 Å². The van der Waals surface area contributed by atoms with E-state index >= 15 is 0 Å². The lowest BCUT2D eigenvalue weighted by Gasteiger charge is -2.16. The first kappa shape index (κ1) is 13.4. The second-order valence-corrected chi connectivity index (χ2v) is 6.11. The van der Waals surface area contributed by atoms with Gasteiger partial charge in [0.25, 0.3) is 0 Å². The van der Waals surface area contributed by atoms with Crippen molar-refractivity contribution in [3.8, 4) is 0 Å². The third kappa shape index (κ3) is 2.51. The second-order valence-electron chi connectivity index (χ2n) is 5.18. The number of aromatic nitrogens is 2. The van der Waals surface area contributed by atoms with E-state index in [4.69, 9.17) is 22.5 Å². The fourth-order valence-corrected chi connectivity index (χ4v) is 3.05. The van der Waals surface area contributed by atoms with Crippen molar-refractivity contribution in [1.29, 1.82) is 0 Å². The quantitative estimate of drug-likeness (QED) is 0.341. The van der Waals surface area contributed by atoms with E-state index in [-0.39, 0.29) is 11.3 Å². The van der Waals surface area contributed by atoms with Crippen molar-refractivity contribution in [3.05, 3.63) is 17.2 Å². The van der Waals surface area contributed by atoms with Gasteiger partial charge in [0.05, 0.1) is 22.4 Å². The molecule has 6 nitrogen and oxygen atoms in total. The molecule has 0 spiro atoms. The molecule has 0 amide bonds. The molecule has 1 aromatic heterocycles. The topological polar surface area (TPSA) is 96.4 Å². The molecule has 0 saturated heterocycles. The van der Waals surface area contributed by atoms with Gasteiger partial charge in [-0.2, -0.15) is 8.75 Å². The van der Waals surface area contributed by atoms with Gasteiger partial charge >= 0.3 is 0 Å². The molecule has 0 atom stereocenters. The molecular weight excluding hydrogens is 298 g/mol. The number of hydrogen-bond acceptors (Lipinski definition) is 6. The van der Waals surface area contributed by atoms with Crippen LogP contribution in [0.25, 0.3) is 11.0 Å². The number of fused-ring (bicyclic) bond motifs is 1. The van der Waals surface area contributed by atoms with E-state index in [0.717, 1.165) is 36.1 Å². The Morgan fingerprint density at radius 2 is 2.30 bits per heavy atom. The van der Waals surface area contributed by atoms with Gasteiger partial charge in [-0.1, -0.05) is 16.8 Å². The first-order valence-electron chi connectivity index (χ1n) is 6.25. The summed E-state index contributed by atoms with van der Waals surface area (Å²) in [6.07, 6.45) is 2.69. The van der Waals surface area contributed by atoms with E-state index in [9.17, 15) is 0 Å². The Labute approximate surface area is 124 Å². The van der Waals surface area contributed by atoms with E-state index in [2.05, 4.69) is 19.2 Å². The summed E-state index contributed by atoms with van der Waals surface area (Å²) in [5.41, 5.74) is 8.10. The van der Waals surface area contributed by atoms with Crippen molar-refractivity contribution < 1.29 is 5.21 Å². The number of nitrogens with one attached hydrogen (secondary N) is 1. The van der Waals surface area contributed by atoms with Gasteiger partial charge in [-0.15, -0.1) is 0 Å². The number of nitrogens with two attached hydrogens (primary N) is 1. The average molecular weight is 312 g/mol. The number of amidine groups is 1. The SMILES string of the molecule is NC(CC1(CNc2c(Cl)ccc3nsnc23)CC1)=NO. The summed E-state index contributed by atoms with van der Waals surface area (Å²) in [7, 11) is 0. The molecule has 0 bridgehead atoms. The van der Waals surface area contributed by atoms with Crippen LogP contribution in [-0.2, 0) is 0 Å². The molecule has 4 N–H and O–H groups in total. The minimum Gasteiger partial charge on any atom is -0.409 e. The van der Waals surface area contributed by atoms with Crippen LogP contribution in [0.2, 0.25) is 5.02 Å². The van der Waals surface area contributed by atoms with Crippen LogP contribution < -0.4 is 11.1 Å². The Hall–Kier alpha value is -1.60. The predicted octanol–water partition coefficient (Wildman–Crippen LogP) is 2.67. The van der Waals surface area contributed by atoms with E-state index < -0.39 is 0 Å². The summed E-state index contributed by atoms with van der Waals surface area (Å²) in [5.74, 6) is 0.268. The van der Waals surface area contributed by atoms with Crippen molar-refractivity contribution in [2.75, 3.05) is 11.9 Å². The molecular formula is C12H14ClN5OS. The van der Waals surface area contributed by atoms with Crippen LogP contribution in [0.5, 0.6) is 0 Å². The maximum absolute atomic E-state index is 8.67. The van der Waals surface area contributed by atoms with Crippen LogP contribution >= 0.6 is 23.3 Å². The summed E-state index contributed by atoms with van der Waals surface area (Å²) < 4.78 is 8.47. The predicted molar refractivity (Wildman–Crippen MR) is 80.6 cm³/mol. The van der Waals surface area contributed by atoms with Gasteiger partial charge in [0.2, 0.25) is 0 Å². The standard InChI is InChI=1S/C12H14ClN5OS/c13-7-1-2-8-11(18-20-17-8)10(7)15-6-12(3-4-12)5-9(14)16-19/h1-2,15,19H,3-6H2,(H2,14,16). The van der Waals surface area contributed by atoms with Gasteiger partial charge in [0.1, 0.15) is 16.9 Å². The molecule has 0 radical (unpaired) electrons. The molecule has 1 aliphatic carbocycles. The Bertz CT molecular complexity index is 667. The molecule has 1 aromatic carbocycles. The molecule has 1 fully saturated rings. The first-order chi connectivity index (χ1) is 9.63. The maximum Gasteiger partial charge on any atom is 0.139 e. The minimum absolute atomic E-state index is 0.0608. The Kier molecular flexibility index (Phi) is 3.39. The van der Waals surface area contributed by atoms with Crippen molar-refractivity contribution in [3.63, 3.8) is 0 Å². The van der Waals surface area contributed by atoms with Gasteiger partial charge in [0.15, 0.2) is 0 Å². The third-order valence-electron chi connectivity index (χ3n) is 3.66. The van der Waals surface area contributed by atoms with Crippen LogP contribution in [0, 0.1) is 5.41 Å². The summed E-state index contributed by atoms with van der Waals surface area (Å²) in [5, 5.41) is 15.7. The van der Waals surface area contributed by atoms with Crippen LogP contribution in [0.3, 0.4) is 0 Å². The average Bonchev–Trinajstić information content (AvgIpc) is 3.03. The molecule has 1 aliphatic rings. The second kappa shape index (κ2) is 5.06. The highest BCUT2D eigenvalue weighted by molar-refractivity contribution is 7.00. The number of nitrogens with zero attached hydrogens (tertiary/aromatic N) is 3. The molecule has 20 heavy (non-hydrogen) atoms. The fourth-order valence-electron chi connectivity index (χ4n) is 2.28. The van der Waals surface area contributed by atoms with Crippen molar-refractivity contribution in [1.82, 2.24) is 8.75 Å². The monoisotopic (exact) mass is 311 g/mol. The van der Waals surface area contributed by atoms with Crippen LogP contribution in [0.15, 0.2) is 17.3 Å². The van der Waals surface area contributed by atoms with Gasteiger partial charge in [-0.25, -0.2) is 0 Å². The molecule has 3 rings (SSSR count). The van der Waals surface area contributed by atoms with Gasteiger partial charge in [-0.3, -0.25) is 0 Å². The van der Waals surface area contributed by atoms with Gasteiger partial charge < -0.3 is 16.3 Å². The van der Waals surface area contributed by atoms with Crippen LogP contribution in [0.1, 0.15) is 19.3 Å². The van der Waals surface area contributed by atoms with E-state index in [1.165, 1.54) is 11.7 Å². The van der Waals surface area contributed by atoms with Gasteiger partial charge in [-0.05, 0) is 30.4 Å². The summed E-state index contributed by atoms with van der Waals surface area (Å²) in [6, 6.07) is 3.67. The molecule has 1 heterocycles. The highest BCUT2D eigenvalue weighted by Crippen LogP contribution is 2.49. The first-order valence-corrected chi connectivity index (χ1v) is 7.35. The molecule has 8 heteroatoms. The number of anilines is 1. The minimum atomic E-state index is 0.0608. The summed E-state index contributed by atoms with van der Waals surface area (Å²) in [4.78, 5) is 0. The zero-order chi connectivity index (χ0) is 14.2. The lowest BCUT2D eigenvalue weighted by molar-refractivity contribution is 0.315. The number of hydrogen-bond donors (Lipinski definition) is 3. The number of halogens is 1. The maximum atomic E-state index is 8.67. The summed E-state index contributed by atoms with van der Waals surface area (Å²) >= 11 is 7.40. The Balaban J connectivity index is 1.77. The highest BCUT2D eigenvalue weighted by Gasteiger charge is 2.43. The smallest absolute Gasteiger partial charge is 0.139 e. The van der Waals surface area contributed by atoms with E-state index in [1.807, 2.05) is 12.1 Å². The molecule has 106 valence electrons. The zero-order valence-corrected chi connectivity index (χ0v) is 12.2. The zero-order valence-electron chi connectivity index (χ0n) is 10.6. The summed E-state index contributed by atoms with van der Waals surface area (Å²) in [6.45, 7) is 0.722.